The van der Waals surface area contributed by atoms with Gasteiger partial charge in [-0.05, 0) is 0 Å². The molecule has 0 nitrogen and oxygen atoms in total. The molecule has 0 aliphatic carbocycles. The van der Waals surface area contributed by atoms with E-state index in [2.05, 4.69) is 97.1 Å². The fraction of sp³-hybridized carbons (Fsp3) is 0. The van der Waals surface area contributed by atoms with Crippen LogP contribution in [0.1, 0.15) is 0 Å². The Labute approximate surface area is 315 Å². The topological polar surface area (TPSA) is 0 Å². The molecule has 0 N–H and O–H groups in total. The molecule has 0 aliphatic heterocycles. The van der Waals surface area contributed by atoms with Crippen LogP contribution in [0.15, 0.2) is 146 Å². The van der Waals surface area contributed by atoms with E-state index in [0.717, 1.165) is 0 Å². The van der Waals surface area contributed by atoms with Gasteiger partial charge in [-0.15, -0.1) is 147 Å². The molecule has 0 saturated carbocycles. The number of halogens is 6. The van der Waals surface area contributed by atoms with Gasteiger partial charge in [0.2, 0.25) is 0 Å². The minimum atomic E-state index is 0. The number of rotatable bonds is 0. The molecule has 0 unspecified atom stereocenters. The molecule has 0 atom stereocenters. The van der Waals surface area contributed by atoms with Gasteiger partial charge in [0.15, 0.2) is 0 Å². The minimum absolute atomic E-state index is 0. The Morgan fingerprint density at radius 1 is 0.395 bits per heavy atom. The molecule has 0 aromatic heterocycles. The third-order valence-corrected chi connectivity index (χ3v) is 4.31. The van der Waals surface area contributed by atoms with Crippen molar-refractivity contribution in [3.63, 3.8) is 0 Å². The molecule has 0 saturated heterocycles. The summed E-state index contributed by atoms with van der Waals surface area (Å²) in [5, 5.41) is 5.32. The molecule has 0 aliphatic rings. The molecule has 0 amide bonds. The fourth-order valence-corrected chi connectivity index (χ4v) is 2.82. The first kappa shape index (κ1) is 51.0. The third kappa shape index (κ3) is 21.0. The number of hydrogen-bond donors (Lipinski definition) is 0. The Hall–Kier alpha value is 0.176. The van der Waals surface area contributed by atoms with Crippen molar-refractivity contribution in [1.29, 1.82) is 0 Å². The van der Waals surface area contributed by atoms with Gasteiger partial charge in [0.05, 0.1) is 0 Å². The fourth-order valence-electron chi connectivity index (χ4n) is 2.82. The largest absolute Gasteiger partial charge is 2.00 e. The SMILES string of the molecule is Br.Br.Br.Cl.Cl.Cl.[Zr+2].[Zr+2].[c-]1ccccc1.[c-]1ccccc1.c1ccc2[cH-]ccc2c1.c1ccc2[cH-]ccc2c1. The van der Waals surface area contributed by atoms with E-state index in [0.29, 0.717) is 0 Å². The predicted molar refractivity (Wildman–Crippen MR) is 182 cm³/mol. The maximum Gasteiger partial charge on any atom is 2.00 e. The van der Waals surface area contributed by atoms with E-state index in [1.807, 2.05) is 60.7 Å². The standard InChI is InChI=1S/2C9H7.2C6H5.3BrH.3ClH.2Zr/c2*1-2-5-9-7-3-6-8(9)4-1;2*1-2-4-6-5-3-1;;;;;;;;/h2*1-7H;2*1-5H;6*1H;;/q4*-1;;;;;;;2*+2. The molecule has 0 radical (unpaired) electrons. The van der Waals surface area contributed by atoms with Crippen LogP contribution in [0.5, 0.6) is 0 Å². The Kier molecular flexibility index (Phi) is 44.8. The van der Waals surface area contributed by atoms with E-state index in [-0.39, 0.29) is 141 Å². The van der Waals surface area contributed by atoms with E-state index >= 15 is 0 Å². The summed E-state index contributed by atoms with van der Waals surface area (Å²) in [6.07, 6.45) is 0. The second-order valence-electron chi connectivity index (χ2n) is 6.46. The number of hydrogen-bond acceptors (Lipinski definition) is 0. The molecule has 38 heavy (non-hydrogen) atoms. The van der Waals surface area contributed by atoms with Crippen LogP contribution >= 0.6 is 88.2 Å². The average Bonchev–Trinajstić information content (AvgIpc) is 3.52. The summed E-state index contributed by atoms with van der Waals surface area (Å²) in [6.45, 7) is 0. The zero-order chi connectivity index (χ0) is 20.7. The second-order valence-corrected chi connectivity index (χ2v) is 6.46. The van der Waals surface area contributed by atoms with Crippen molar-refractivity contribution in [3.8, 4) is 0 Å². The van der Waals surface area contributed by atoms with Gasteiger partial charge < -0.3 is 0 Å². The maximum atomic E-state index is 2.89. The van der Waals surface area contributed by atoms with Gasteiger partial charge in [0.25, 0.3) is 0 Å². The zero-order valence-corrected chi connectivity index (χ0v) is 32.8. The van der Waals surface area contributed by atoms with Crippen LogP contribution in [0.25, 0.3) is 21.5 Å². The summed E-state index contributed by atoms with van der Waals surface area (Å²) in [5.41, 5.74) is 0. The third-order valence-electron chi connectivity index (χ3n) is 4.31. The molecular formula is C30H30Br3Cl3Zr2. The van der Waals surface area contributed by atoms with Crippen LogP contribution in [0.3, 0.4) is 0 Å². The molecule has 0 heterocycles. The Morgan fingerprint density at radius 2 is 0.711 bits per heavy atom. The Bertz CT molecular complexity index is 1010. The van der Waals surface area contributed by atoms with Crippen LogP contribution in [0, 0.1) is 12.1 Å². The number of benzene rings is 4. The van der Waals surface area contributed by atoms with E-state index in [1.54, 1.807) is 0 Å². The summed E-state index contributed by atoms with van der Waals surface area (Å²) < 4.78 is 0. The summed E-state index contributed by atoms with van der Waals surface area (Å²) in [5.74, 6) is 0. The second kappa shape index (κ2) is 33.4. The molecule has 6 aromatic rings. The molecular weight excluding hydrogens is 889 g/mol. The van der Waals surface area contributed by atoms with Crippen LogP contribution < -0.4 is 0 Å². The van der Waals surface area contributed by atoms with Crippen LogP contribution in [0.4, 0.5) is 0 Å². The van der Waals surface area contributed by atoms with Crippen molar-refractivity contribution >= 4 is 110 Å². The molecule has 0 bridgehead atoms. The van der Waals surface area contributed by atoms with Crippen molar-refractivity contribution in [2.75, 3.05) is 0 Å². The van der Waals surface area contributed by atoms with Crippen molar-refractivity contribution < 1.29 is 52.4 Å². The van der Waals surface area contributed by atoms with Crippen molar-refractivity contribution in [1.82, 2.24) is 0 Å². The zero-order valence-electron chi connectivity index (χ0n) is 20.3. The van der Waals surface area contributed by atoms with Crippen LogP contribution in [0.2, 0.25) is 0 Å². The van der Waals surface area contributed by atoms with Gasteiger partial charge in [-0.25, -0.2) is 0 Å². The molecule has 0 fully saturated rings. The van der Waals surface area contributed by atoms with Crippen molar-refractivity contribution in [2.45, 2.75) is 0 Å². The van der Waals surface area contributed by atoms with E-state index < -0.39 is 0 Å². The Morgan fingerprint density at radius 3 is 0.947 bits per heavy atom. The quantitative estimate of drug-likeness (QED) is 0.133. The van der Waals surface area contributed by atoms with E-state index in [9.17, 15) is 0 Å². The molecule has 6 rings (SSSR count). The summed E-state index contributed by atoms with van der Waals surface area (Å²) in [4.78, 5) is 0. The normalized spacial score (nSPS) is 7.37. The monoisotopic (exact) mass is 912 g/mol. The average molecular weight is 919 g/mol. The van der Waals surface area contributed by atoms with Gasteiger partial charge in [0.1, 0.15) is 0 Å². The summed E-state index contributed by atoms with van der Waals surface area (Å²) >= 11 is 0. The van der Waals surface area contributed by atoms with Gasteiger partial charge in [-0.3, -0.25) is 0 Å². The van der Waals surface area contributed by atoms with Crippen LogP contribution in [-0.2, 0) is 52.4 Å². The first-order valence-electron chi connectivity index (χ1n) is 9.96. The Balaban J connectivity index is -0.0000000852. The maximum absolute atomic E-state index is 2.89. The summed E-state index contributed by atoms with van der Waals surface area (Å²) in [6, 6.07) is 54.3. The van der Waals surface area contributed by atoms with Gasteiger partial charge in [-0.2, -0.15) is 108 Å². The summed E-state index contributed by atoms with van der Waals surface area (Å²) in [7, 11) is 0. The van der Waals surface area contributed by atoms with Gasteiger partial charge in [0, 0.05) is 0 Å². The predicted octanol–water partition coefficient (Wildman–Crippen LogP) is 11.1. The van der Waals surface area contributed by atoms with E-state index in [1.165, 1.54) is 21.5 Å². The van der Waals surface area contributed by atoms with Crippen LogP contribution in [-0.4, -0.2) is 0 Å². The minimum Gasteiger partial charge on any atom is -0.184 e. The molecule has 6 aromatic carbocycles. The van der Waals surface area contributed by atoms with Gasteiger partial charge >= 0.3 is 52.4 Å². The molecule has 200 valence electrons. The molecule has 8 heteroatoms. The van der Waals surface area contributed by atoms with Crippen molar-refractivity contribution in [2.24, 2.45) is 0 Å². The van der Waals surface area contributed by atoms with Crippen molar-refractivity contribution in [3.05, 3.63) is 158 Å². The van der Waals surface area contributed by atoms with E-state index in [4.69, 9.17) is 0 Å². The first-order valence-corrected chi connectivity index (χ1v) is 9.96. The smallest absolute Gasteiger partial charge is 0.184 e. The molecule has 0 spiro atoms. The number of fused-ring (bicyclic) bond motifs is 2. The first-order chi connectivity index (χ1) is 14.9. The van der Waals surface area contributed by atoms with Gasteiger partial charge in [-0.1, -0.05) is 12.1 Å².